The third-order valence-corrected chi connectivity index (χ3v) is 0.760. The number of hydrogen-bond acceptors (Lipinski definition) is 0. The minimum atomic E-state index is -2.13. The number of rotatable bonds is 1. The Bertz CT molecular complexity index is 141. The molecule has 0 aromatic heterocycles. The zero-order valence-electron chi connectivity index (χ0n) is 7.22. The van der Waals surface area contributed by atoms with E-state index in [1.807, 2.05) is 30.3 Å². The minimum Gasteiger partial charge on any atom is -0.214 e. The average molecular weight is 318 g/mol. The van der Waals surface area contributed by atoms with Crippen molar-refractivity contribution in [2.45, 2.75) is 6.42 Å². The molecule has 0 amide bonds. The van der Waals surface area contributed by atoms with Crippen LogP contribution >= 0.6 is 25.5 Å². The van der Waals surface area contributed by atoms with E-state index >= 15 is 0 Å². The van der Waals surface area contributed by atoms with Gasteiger partial charge >= 0.3 is 43.7 Å². The van der Waals surface area contributed by atoms with E-state index in [0.29, 0.717) is 0 Å². The fourth-order valence-corrected chi connectivity index (χ4v) is 0.321. The van der Waals surface area contributed by atoms with Crippen molar-refractivity contribution in [1.29, 1.82) is 0 Å². The Morgan fingerprint density at radius 3 is 1.69 bits per heavy atom. The van der Waals surface area contributed by atoms with E-state index in [-0.39, 0.29) is 0 Å². The molecule has 1 aromatic carbocycles. The van der Waals surface area contributed by atoms with Crippen molar-refractivity contribution in [2.24, 2.45) is 0 Å². The third kappa shape index (κ3) is 32.2. The molecule has 0 radical (unpaired) electrons. The van der Waals surface area contributed by atoms with E-state index < -0.39 is 18.2 Å². The Balaban J connectivity index is 0. The van der Waals surface area contributed by atoms with Crippen LogP contribution in [0.2, 0.25) is 0 Å². The molecule has 75 valence electrons. The molecule has 0 fully saturated rings. The van der Waals surface area contributed by atoms with Gasteiger partial charge in [-0.05, 0) is 0 Å². The van der Waals surface area contributed by atoms with Gasteiger partial charge in [0.15, 0.2) is 0 Å². The number of allylic oxidation sites excluding steroid dienone is 1. The van der Waals surface area contributed by atoms with Crippen molar-refractivity contribution in [3.05, 3.63) is 49.9 Å². The smallest absolute Gasteiger partial charge is 0.172 e. The predicted octanol–water partition coefficient (Wildman–Crippen LogP) is 4.87. The second-order valence-electron chi connectivity index (χ2n) is 1.75. The Morgan fingerprint density at radius 1 is 1.31 bits per heavy atom. The summed E-state index contributed by atoms with van der Waals surface area (Å²) in [6, 6.07) is 10.0. The van der Waals surface area contributed by atoms with Gasteiger partial charge in [-0.25, -0.2) is 12.1 Å². The van der Waals surface area contributed by atoms with Crippen LogP contribution in [-0.4, -0.2) is 0 Å². The van der Waals surface area contributed by atoms with Crippen LogP contribution in [0.1, 0.15) is 6.42 Å². The molecule has 1 aromatic rings. The Labute approximate surface area is 99.2 Å². The molecule has 0 nitrogen and oxygen atoms in total. The van der Waals surface area contributed by atoms with E-state index in [1.54, 1.807) is 6.08 Å². The average Bonchev–Trinajstić information content (AvgIpc) is 2.59. The third-order valence-electron chi connectivity index (χ3n) is 0.760. The fraction of sp³-hybridized carbons (Fsp3) is 0.111. The van der Waals surface area contributed by atoms with Crippen LogP contribution in [0.3, 0.4) is 0 Å². The van der Waals surface area contributed by atoms with E-state index in [2.05, 4.69) is 13.5 Å². The van der Waals surface area contributed by atoms with E-state index in [9.17, 15) is 0 Å². The van der Waals surface area contributed by atoms with Crippen molar-refractivity contribution in [1.82, 2.24) is 0 Å². The minimum absolute atomic E-state index is 0.833. The predicted molar refractivity (Wildman–Crippen MR) is 59.8 cm³/mol. The molecule has 1 rings (SSSR count). The summed E-state index contributed by atoms with van der Waals surface area (Å²) in [4.78, 5) is 0. The summed E-state index contributed by atoms with van der Waals surface area (Å²) in [5.41, 5.74) is 0. The molecule has 0 N–H and O–H groups in total. The summed E-state index contributed by atoms with van der Waals surface area (Å²) in [5.74, 6) is 0. The molecule has 0 aliphatic carbocycles. The maximum Gasteiger partial charge on any atom is -0.172 e. The largest absolute Gasteiger partial charge is 0.214 e. The fourth-order valence-electron chi connectivity index (χ4n) is 0.321. The second kappa shape index (κ2) is 15.3. The molecule has 0 bridgehead atoms. The second-order valence-corrected chi connectivity index (χ2v) is 12.9. The molecule has 0 unspecified atom stereocenters. The van der Waals surface area contributed by atoms with Crippen LogP contribution in [0.4, 0.5) is 0 Å². The van der Waals surface area contributed by atoms with E-state index in [4.69, 9.17) is 25.5 Å². The molecular formula is C9H12Cl3Zr-2. The van der Waals surface area contributed by atoms with E-state index in [0.717, 1.165) is 6.42 Å². The molecule has 13 heavy (non-hydrogen) atoms. The molecule has 4 heteroatoms. The zero-order chi connectivity index (χ0) is 10.5. The van der Waals surface area contributed by atoms with Gasteiger partial charge in [-0.2, -0.15) is 24.6 Å². The maximum atomic E-state index is 5.00. The number of halogens is 3. The Kier molecular flexibility index (Phi) is 19.2. The van der Waals surface area contributed by atoms with Gasteiger partial charge < -0.3 is 6.92 Å². The van der Waals surface area contributed by atoms with Gasteiger partial charge in [0.1, 0.15) is 0 Å². The normalized spacial score (nSPS) is 7.08. The van der Waals surface area contributed by atoms with Gasteiger partial charge in [-0.3, -0.25) is 0 Å². The molecule has 0 atom stereocenters. The summed E-state index contributed by atoms with van der Waals surface area (Å²) < 4.78 is 0. The van der Waals surface area contributed by atoms with Crippen molar-refractivity contribution < 1.29 is 18.2 Å². The Morgan fingerprint density at radius 2 is 1.62 bits per heavy atom. The summed E-state index contributed by atoms with van der Waals surface area (Å²) in [7, 11) is 15.0. The summed E-state index contributed by atoms with van der Waals surface area (Å²) in [5, 5.41) is 0. The van der Waals surface area contributed by atoms with Gasteiger partial charge in [-0.15, -0.1) is 12.7 Å². The molecule has 0 aliphatic heterocycles. The molecule has 0 heterocycles. The van der Waals surface area contributed by atoms with Crippen molar-refractivity contribution in [3.63, 3.8) is 0 Å². The monoisotopic (exact) mass is 315 g/mol. The summed E-state index contributed by atoms with van der Waals surface area (Å²) >= 11 is -2.13. The van der Waals surface area contributed by atoms with Gasteiger partial charge in [0.05, 0.1) is 0 Å². The topological polar surface area (TPSA) is 0 Å². The van der Waals surface area contributed by atoms with Crippen molar-refractivity contribution in [2.75, 3.05) is 0 Å². The van der Waals surface area contributed by atoms with Crippen molar-refractivity contribution in [3.8, 4) is 0 Å². The van der Waals surface area contributed by atoms with E-state index in [1.165, 1.54) is 0 Å². The molecule has 0 saturated carbocycles. The summed E-state index contributed by atoms with van der Waals surface area (Å²) in [6.07, 6.45) is 2.60. The molecular weight excluding hydrogens is 306 g/mol. The standard InChI is InChI=1S/C5H5.C4H7.3ClH.Zr/c1-2-4-5-3-1;1-3-4-2;;;;/h1-5H;3H,1-2,4H2;3*1H;/q2*-1;;;;+3/p-3. The van der Waals surface area contributed by atoms with Gasteiger partial charge in [-0.1, -0.05) is 0 Å². The van der Waals surface area contributed by atoms with Crippen LogP contribution in [0.5, 0.6) is 0 Å². The Hall–Kier alpha value is 0.843. The van der Waals surface area contributed by atoms with Crippen LogP contribution < -0.4 is 0 Å². The van der Waals surface area contributed by atoms with Gasteiger partial charge in [0, 0.05) is 0 Å². The zero-order valence-corrected chi connectivity index (χ0v) is 11.9. The van der Waals surface area contributed by atoms with Crippen LogP contribution in [0.25, 0.3) is 0 Å². The number of hydrogen-bond donors (Lipinski definition) is 0. The van der Waals surface area contributed by atoms with Gasteiger partial charge in [0.2, 0.25) is 0 Å². The molecule has 0 aliphatic rings. The summed E-state index contributed by atoms with van der Waals surface area (Å²) in [6.45, 7) is 6.90. The first kappa shape index (κ1) is 16.3. The first-order valence-electron chi connectivity index (χ1n) is 3.55. The molecule has 0 spiro atoms. The SMILES string of the molecule is C=CC[CH2-].[Cl][Zr]([Cl])[Cl].c1cc[cH-]c1. The quantitative estimate of drug-likeness (QED) is 0.512. The van der Waals surface area contributed by atoms with Crippen LogP contribution in [-0.2, 0) is 18.2 Å². The van der Waals surface area contributed by atoms with Crippen molar-refractivity contribution >= 4 is 25.5 Å². The molecule has 0 saturated heterocycles. The first-order valence-corrected chi connectivity index (χ1v) is 13.0. The maximum absolute atomic E-state index is 5.00. The van der Waals surface area contributed by atoms with Gasteiger partial charge in [0.25, 0.3) is 0 Å². The first-order chi connectivity index (χ1) is 6.15. The van der Waals surface area contributed by atoms with Crippen LogP contribution in [0, 0.1) is 6.92 Å². The van der Waals surface area contributed by atoms with Crippen LogP contribution in [0.15, 0.2) is 43.0 Å².